The molecule has 1 aromatic heterocycles. The van der Waals surface area contributed by atoms with Gasteiger partial charge in [-0.15, -0.1) is 0 Å². The molecule has 0 fully saturated rings. The van der Waals surface area contributed by atoms with Crippen LogP contribution >= 0.6 is 0 Å². The van der Waals surface area contributed by atoms with Gasteiger partial charge in [0.2, 0.25) is 5.91 Å². The van der Waals surface area contributed by atoms with Crippen LogP contribution in [0.25, 0.3) is 10.9 Å². The molecule has 0 bridgehead atoms. The third-order valence-electron chi connectivity index (χ3n) is 5.50. The summed E-state index contributed by atoms with van der Waals surface area (Å²) in [4.78, 5) is 27.6. The van der Waals surface area contributed by atoms with Gasteiger partial charge in [0, 0.05) is 48.9 Å². The molecule has 28 heavy (non-hydrogen) atoms. The highest BCUT2D eigenvalue weighted by Gasteiger charge is 2.24. The minimum atomic E-state index is -0.0532. The van der Waals surface area contributed by atoms with Crippen molar-refractivity contribution < 1.29 is 4.79 Å². The number of benzene rings is 2. The van der Waals surface area contributed by atoms with E-state index in [0.717, 1.165) is 51.9 Å². The van der Waals surface area contributed by atoms with Gasteiger partial charge in [-0.25, -0.2) is 0 Å². The molecule has 5 nitrogen and oxygen atoms in total. The number of hydrogen-bond acceptors (Lipinski definition) is 3. The van der Waals surface area contributed by atoms with Gasteiger partial charge in [0.05, 0.1) is 12.1 Å². The zero-order valence-electron chi connectivity index (χ0n) is 16.6. The molecular formula is C23H25N3O2. The first-order valence-corrected chi connectivity index (χ1v) is 9.62. The van der Waals surface area contributed by atoms with Gasteiger partial charge in [-0.3, -0.25) is 14.5 Å². The first-order chi connectivity index (χ1) is 13.4. The molecule has 3 aromatic rings. The second-order valence-corrected chi connectivity index (χ2v) is 7.71. The summed E-state index contributed by atoms with van der Waals surface area (Å²) in [6.07, 6.45) is 0.766. The molecule has 2 heterocycles. The van der Waals surface area contributed by atoms with Gasteiger partial charge >= 0.3 is 0 Å². The Morgan fingerprint density at radius 2 is 1.89 bits per heavy atom. The van der Waals surface area contributed by atoms with E-state index in [-0.39, 0.29) is 17.9 Å². The lowest BCUT2D eigenvalue weighted by Crippen LogP contribution is -2.40. The summed E-state index contributed by atoms with van der Waals surface area (Å²) in [6.45, 7) is 5.55. The van der Waals surface area contributed by atoms with Crippen LogP contribution in [0.1, 0.15) is 22.4 Å². The number of hydrogen-bond donors (Lipinski definition) is 1. The second kappa shape index (κ2) is 7.24. The van der Waals surface area contributed by atoms with E-state index >= 15 is 0 Å². The van der Waals surface area contributed by atoms with Gasteiger partial charge in [-0.2, -0.15) is 0 Å². The van der Waals surface area contributed by atoms with Gasteiger partial charge in [0.15, 0.2) is 5.43 Å². The van der Waals surface area contributed by atoms with Crippen molar-refractivity contribution in [3.8, 4) is 0 Å². The van der Waals surface area contributed by atoms with Gasteiger partial charge in [-0.1, -0.05) is 23.8 Å². The maximum Gasteiger partial charge on any atom is 0.238 e. The van der Waals surface area contributed by atoms with Crippen LogP contribution in [-0.4, -0.2) is 28.5 Å². The molecule has 0 saturated heterocycles. The number of anilines is 1. The lowest BCUT2D eigenvalue weighted by atomic mass is 10.0. The number of aryl methyl sites for hydroxylation is 3. The molecule has 5 heteroatoms. The predicted molar refractivity (Wildman–Crippen MR) is 113 cm³/mol. The molecule has 1 amide bonds. The Hall–Kier alpha value is -2.92. The number of nitrogens with zero attached hydrogens (tertiary/aromatic N) is 2. The molecule has 4 rings (SSSR count). The summed E-state index contributed by atoms with van der Waals surface area (Å²) in [5.74, 6) is -0.0532. The smallest absolute Gasteiger partial charge is 0.238 e. The summed E-state index contributed by atoms with van der Waals surface area (Å²) >= 11 is 0. The normalized spacial score (nSPS) is 14.1. The number of rotatable bonds is 3. The molecule has 1 aliphatic heterocycles. The highest BCUT2D eigenvalue weighted by atomic mass is 16.2. The largest absolute Gasteiger partial charge is 0.347 e. The van der Waals surface area contributed by atoms with Gasteiger partial charge in [0.25, 0.3) is 0 Å². The van der Waals surface area contributed by atoms with Gasteiger partial charge < -0.3 is 9.88 Å². The Morgan fingerprint density at radius 3 is 2.68 bits per heavy atom. The van der Waals surface area contributed by atoms with Crippen LogP contribution in [0, 0.1) is 13.8 Å². The molecule has 0 radical (unpaired) electrons. The molecule has 0 aliphatic carbocycles. The van der Waals surface area contributed by atoms with Crippen molar-refractivity contribution in [2.75, 3.05) is 18.4 Å². The third kappa shape index (κ3) is 3.45. The number of carbonyl (C=O) groups is 1. The first kappa shape index (κ1) is 18.4. The van der Waals surface area contributed by atoms with E-state index in [4.69, 9.17) is 0 Å². The first-order valence-electron chi connectivity index (χ1n) is 9.62. The standard InChI is InChI=1S/C23H25N3O2/c1-15-5-4-6-17(11-15)24-22(27)14-26-10-9-21-19(13-26)23(28)18-12-16(2)7-8-20(18)25(21)3/h4-8,11-12H,9-10,13-14H2,1-3H3,(H,24,27). The van der Waals surface area contributed by atoms with Crippen LogP contribution in [0.5, 0.6) is 0 Å². The molecule has 144 valence electrons. The Bertz CT molecular complexity index is 1130. The zero-order chi connectivity index (χ0) is 19.8. The van der Waals surface area contributed by atoms with Gasteiger partial charge in [-0.05, 0) is 43.7 Å². The summed E-state index contributed by atoms with van der Waals surface area (Å²) in [6, 6.07) is 13.8. The van der Waals surface area contributed by atoms with Crippen molar-refractivity contribution in [2.45, 2.75) is 26.8 Å². The summed E-state index contributed by atoms with van der Waals surface area (Å²) in [7, 11) is 2.02. The lowest BCUT2D eigenvalue weighted by Gasteiger charge is -2.29. The molecule has 2 aromatic carbocycles. The molecule has 1 N–H and O–H groups in total. The number of nitrogens with one attached hydrogen (secondary N) is 1. The summed E-state index contributed by atoms with van der Waals surface area (Å²) in [5.41, 5.74) is 5.95. The van der Waals surface area contributed by atoms with Crippen molar-refractivity contribution >= 4 is 22.5 Å². The Labute approximate surface area is 164 Å². The molecule has 0 unspecified atom stereocenters. The molecule has 0 atom stereocenters. The fraction of sp³-hybridized carbons (Fsp3) is 0.304. The summed E-state index contributed by atoms with van der Waals surface area (Å²) < 4.78 is 2.13. The lowest BCUT2D eigenvalue weighted by molar-refractivity contribution is -0.117. The van der Waals surface area contributed by atoms with Crippen LogP contribution in [0.3, 0.4) is 0 Å². The predicted octanol–water partition coefficient (Wildman–Crippen LogP) is 3.15. The van der Waals surface area contributed by atoms with Crippen molar-refractivity contribution in [3.05, 3.63) is 75.1 Å². The highest BCUT2D eigenvalue weighted by molar-refractivity contribution is 5.92. The van der Waals surface area contributed by atoms with E-state index in [0.29, 0.717) is 6.54 Å². The summed E-state index contributed by atoms with van der Waals surface area (Å²) in [5, 5.41) is 3.71. The molecule has 0 saturated carbocycles. The van der Waals surface area contributed by atoms with Crippen molar-refractivity contribution in [1.29, 1.82) is 0 Å². The topological polar surface area (TPSA) is 54.3 Å². The number of pyridine rings is 1. The minimum absolute atomic E-state index is 0.0532. The maximum atomic E-state index is 13.1. The highest BCUT2D eigenvalue weighted by Crippen LogP contribution is 2.22. The quantitative estimate of drug-likeness (QED) is 0.765. The SMILES string of the molecule is Cc1cccc(NC(=O)CN2CCc3c(c(=O)c4cc(C)ccc4n3C)C2)c1. The van der Waals surface area contributed by atoms with Crippen molar-refractivity contribution in [2.24, 2.45) is 7.05 Å². The number of carbonyl (C=O) groups excluding carboxylic acids is 1. The van der Waals surface area contributed by atoms with Crippen LogP contribution in [0.15, 0.2) is 47.3 Å². The van der Waals surface area contributed by atoms with Crippen LogP contribution < -0.4 is 10.7 Å². The third-order valence-corrected chi connectivity index (χ3v) is 5.50. The van der Waals surface area contributed by atoms with E-state index in [1.54, 1.807) is 0 Å². The average Bonchev–Trinajstić information content (AvgIpc) is 2.66. The number of aromatic nitrogens is 1. The Balaban J connectivity index is 1.57. The fourth-order valence-corrected chi connectivity index (χ4v) is 4.08. The van der Waals surface area contributed by atoms with Crippen LogP contribution in [-0.2, 0) is 24.8 Å². The Kier molecular flexibility index (Phi) is 4.77. The second-order valence-electron chi connectivity index (χ2n) is 7.71. The average molecular weight is 375 g/mol. The molecule has 1 aliphatic rings. The van der Waals surface area contributed by atoms with E-state index < -0.39 is 0 Å². The van der Waals surface area contributed by atoms with Crippen molar-refractivity contribution in [1.82, 2.24) is 9.47 Å². The van der Waals surface area contributed by atoms with Crippen LogP contribution in [0.4, 0.5) is 5.69 Å². The monoisotopic (exact) mass is 375 g/mol. The zero-order valence-corrected chi connectivity index (χ0v) is 16.6. The van der Waals surface area contributed by atoms with E-state index in [1.807, 2.05) is 63.4 Å². The minimum Gasteiger partial charge on any atom is -0.347 e. The number of fused-ring (bicyclic) bond motifs is 2. The molecule has 0 spiro atoms. The van der Waals surface area contributed by atoms with Crippen LogP contribution in [0.2, 0.25) is 0 Å². The Morgan fingerprint density at radius 1 is 1.11 bits per heavy atom. The van der Waals surface area contributed by atoms with E-state index in [1.165, 1.54) is 0 Å². The number of amides is 1. The van der Waals surface area contributed by atoms with E-state index in [2.05, 4.69) is 14.8 Å². The van der Waals surface area contributed by atoms with Gasteiger partial charge in [0.1, 0.15) is 0 Å². The van der Waals surface area contributed by atoms with Crippen molar-refractivity contribution in [3.63, 3.8) is 0 Å². The molecular weight excluding hydrogens is 350 g/mol. The van der Waals surface area contributed by atoms with E-state index in [9.17, 15) is 9.59 Å². The fourth-order valence-electron chi connectivity index (χ4n) is 4.08. The maximum absolute atomic E-state index is 13.1.